The average molecular weight is 793 g/mol. The lowest BCUT2D eigenvalue weighted by molar-refractivity contribution is -0.161. The highest BCUT2D eigenvalue weighted by atomic mass is 31.2. The molecule has 0 aromatic heterocycles. The number of aliphatic hydroxyl groups excluding tert-OH is 1. The van der Waals surface area contributed by atoms with Crippen molar-refractivity contribution >= 4 is 19.8 Å². The molecule has 0 fully saturated rings. The molecular weight excluding hydrogens is 715 g/mol. The third kappa shape index (κ3) is 42.4. The molecule has 0 rings (SSSR count). The first-order chi connectivity index (χ1) is 26.5. The highest BCUT2D eigenvalue weighted by Gasteiger charge is 2.23. The van der Waals surface area contributed by atoms with Crippen molar-refractivity contribution in [2.45, 2.75) is 181 Å². The van der Waals surface area contributed by atoms with E-state index in [0.717, 1.165) is 57.3 Å². The number of aliphatic hydroxyl groups is 1. The van der Waals surface area contributed by atoms with Crippen molar-refractivity contribution in [3.63, 3.8) is 0 Å². The fourth-order valence-corrected chi connectivity index (χ4v) is 5.97. The van der Waals surface area contributed by atoms with Crippen LogP contribution in [0.4, 0.5) is 0 Å². The number of phosphoric ester groups is 1. The van der Waals surface area contributed by atoms with Crippen molar-refractivity contribution in [3.8, 4) is 0 Å². The van der Waals surface area contributed by atoms with E-state index in [1.54, 1.807) is 12.2 Å². The molecular formula is C45H77O9P. The number of phosphoric acid groups is 1. The van der Waals surface area contributed by atoms with Gasteiger partial charge in [0.05, 0.1) is 12.7 Å². The number of hydrogen-bond donors (Lipinski definition) is 3. The molecule has 1 unspecified atom stereocenters. The Balaban J connectivity index is 4.15. The summed E-state index contributed by atoms with van der Waals surface area (Å²) in [5.41, 5.74) is 0. The Kier molecular flexibility index (Phi) is 36.6. The van der Waals surface area contributed by atoms with E-state index in [4.69, 9.17) is 19.3 Å². The fourth-order valence-electron chi connectivity index (χ4n) is 5.61. The Morgan fingerprint density at radius 2 is 1.05 bits per heavy atom. The third-order valence-corrected chi connectivity index (χ3v) is 9.27. The van der Waals surface area contributed by atoms with Gasteiger partial charge in [-0.2, -0.15) is 0 Å². The minimum atomic E-state index is -4.83. The Labute approximate surface area is 334 Å². The summed E-state index contributed by atoms with van der Waals surface area (Å²) < 4.78 is 26.2. The quantitative estimate of drug-likeness (QED) is 0.0184. The van der Waals surface area contributed by atoms with Crippen LogP contribution in [0.25, 0.3) is 0 Å². The van der Waals surface area contributed by atoms with E-state index in [9.17, 15) is 19.3 Å². The number of carbonyl (C=O) groups excluding carboxylic acids is 2. The lowest BCUT2D eigenvalue weighted by atomic mass is 10.0. The molecule has 0 aromatic carbocycles. The van der Waals surface area contributed by atoms with Crippen molar-refractivity contribution < 1.29 is 43.0 Å². The van der Waals surface area contributed by atoms with Crippen molar-refractivity contribution in [1.29, 1.82) is 0 Å². The molecule has 0 saturated carbocycles. The lowest BCUT2D eigenvalue weighted by Crippen LogP contribution is -2.29. The maximum absolute atomic E-state index is 12.4. The standard InChI is InChI=1S/C45H77O9P/c1-4-5-6-7-8-9-10-11-12-13-17-20-23-26-29-32-35-42(46)37-38-45(48)54-43(40-53-55(49,50)51)39-52-44(47)36-33-30-27-24-21-18-15-14-16-19-22-25-28-31-34-41(2)3/h5-6,8-9,11-12,17,20,26,29,32,35,41-43,46H,4,7,10,13-16,18-19,21-25,27-28,30-31,33-34,36-40H2,1-3H3,(H2,49,50,51)/b6-5-,9-8-,12-11-,20-17-,29-26-,35-32-/t42?,43-/m1/s1. The largest absolute Gasteiger partial charge is 0.469 e. The Morgan fingerprint density at radius 1 is 0.582 bits per heavy atom. The van der Waals surface area contributed by atoms with Crippen molar-refractivity contribution in [1.82, 2.24) is 0 Å². The van der Waals surface area contributed by atoms with E-state index in [1.807, 2.05) is 12.2 Å². The molecule has 9 nitrogen and oxygen atoms in total. The van der Waals surface area contributed by atoms with E-state index in [0.29, 0.717) is 6.42 Å². The summed E-state index contributed by atoms with van der Waals surface area (Å²) in [5, 5.41) is 10.2. The van der Waals surface area contributed by atoms with Gasteiger partial charge in [-0.1, -0.05) is 184 Å². The Morgan fingerprint density at radius 3 is 1.55 bits per heavy atom. The minimum Gasteiger partial charge on any atom is -0.462 e. The lowest BCUT2D eigenvalue weighted by Gasteiger charge is -2.18. The first-order valence-electron chi connectivity index (χ1n) is 21.2. The van der Waals surface area contributed by atoms with Crippen LogP contribution in [0, 0.1) is 5.92 Å². The number of carbonyl (C=O) groups is 2. The van der Waals surface area contributed by atoms with Crippen LogP contribution in [0.2, 0.25) is 0 Å². The molecule has 0 bridgehead atoms. The van der Waals surface area contributed by atoms with E-state index in [1.165, 1.54) is 70.6 Å². The fraction of sp³-hybridized carbons (Fsp3) is 0.689. The number of rotatable bonds is 37. The molecule has 10 heteroatoms. The van der Waals surface area contributed by atoms with Crippen LogP contribution < -0.4 is 0 Å². The van der Waals surface area contributed by atoms with Gasteiger partial charge in [-0.05, 0) is 50.9 Å². The number of hydrogen-bond acceptors (Lipinski definition) is 7. The highest BCUT2D eigenvalue weighted by Crippen LogP contribution is 2.36. The van der Waals surface area contributed by atoms with Crippen molar-refractivity contribution in [3.05, 3.63) is 72.9 Å². The predicted molar refractivity (Wildman–Crippen MR) is 226 cm³/mol. The molecule has 55 heavy (non-hydrogen) atoms. The van der Waals surface area contributed by atoms with E-state index in [-0.39, 0.29) is 25.9 Å². The molecule has 0 radical (unpaired) electrons. The second-order valence-electron chi connectivity index (χ2n) is 14.6. The summed E-state index contributed by atoms with van der Waals surface area (Å²) in [5.74, 6) is -0.347. The van der Waals surface area contributed by atoms with Crippen molar-refractivity contribution in [2.75, 3.05) is 13.2 Å². The number of ether oxygens (including phenoxy) is 2. The second kappa shape index (κ2) is 38.3. The summed E-state index contributed by atoms with van der Waals surface area (Å²) in [7, 11) is -4.83. The molecule has 0 aliphatic carbocycles. The van der Waals surface area contributed by atoms with E-state index < -0.39 is 38.6 Å². The van der Waals surface area contributed by atoms with Crippen LogP contribution >= 0.6 is 7.82 Å². The summed E-state index contributed by atoms with van der Waals surface area (Å²) in [4.78, 5) is 42.9. The van der Waals surface area contributed by atoms with Gasteiger partial charge in [0.15, 0.2) is 6.10 Å². The van der Waals surface area contributed by atoms with Crippen LogP contribution in [-0.2, 0) is 28.2 Å². The Bertz CT molecular complexity index is 1150. The van der Waals surface area contributed by atoms with Crippen molar-refractivity contribution in [2.24, 2.45) is 5.92 Å². The maximum Gasteiger partial charge on any atom is 0.469 e. The normalized spacial score (nSPS) is 13.9. The topological polar surface area (TPSA) is 140 Å². The Hall–Kier alpha value is -2.55. The first kappa shape index (κ1) is 52.5. The zero-order valence-electron chi connectivity index (χ0n) is 34.6. The summed E-state index contributed by atoms with van der Waals surface area (Å²) in [6.45, 7) is 5.70. The smallest absolute Gasteiger partial charge is 0.462 e. The third-order valence-electron chi connectivity index (χ3n) is 8.79. The predicted octanol–water partition coefficient (Wildman–Crippen LogP) is 11.9. The summed E-state index contributed by atoms with van der Waals surface area (Å²) in [6.07, 6.45) is 45.3. The molecule has 0 spiro atoms. The molecule has 316 valence electrons. The molecule has 0 saturated heterocycles. The van der Waals surface area contributed by atoms with Gasteiger partial charge < -0.3 is 24.4 Å². The molecule has 3 N–H and O–H groups in total. The molecule has 0 aliphatic heterocycles. The number of allylic oxidation sites excluding steroid dienone is 11. The van der Waals surface area contributed by atoms with E-state index in [2.05, 4.69) is 73.9 Å². The zero-order valence-corrected chi connectivity index (χ0v) is 35.5. The first-order valence-corrected chi connectivity index (χ1v) is 22.7. The minimum absolute atomic E-state index is 0.0880. The molecule has 0 aliphatic rings. The van der Waals surface area contributed by atoms with Gasteiger partial charge in [0.1, 0.15) is 6.61 Å². The highest BCUT2D eigenvalue weighted by molar-refractivity contribution is 7.46. The van der Waals surface area contributed by atoms with Crippen LogP contribution in [0.3, 0.4) is 0 Å². The number of unbranched alkanes of at least 4 members (excludes halogenated alkanes) is 13. The molecule has 0 heterocycles. The summed E-state index contributed by atoms with van der Waals surface area (Å²) in [6, 6.07) is 0. The average Bonchev–Trinajstić information content (AvgIpc) is 3.14. The van der Waals surface area contributed by atoms with Gasteiger partial charge >= 0.3 is 19.8 Å². The van der Waals surface area contributed by atoms with Crippen LogP contribution in [0.1, 0.15) is 168 Å². The van der Waals surface area contributed by atoms with Crippen LogP contribution in [0.15, 0.2) is 72.9 Å². The number of esters is 2. The van der Waals surface area contributed by atoms with Crippen LogP contribution in [-0.4, -0.2) is 52.3 Å². The van der Waals surface area contributed by atoms with Gasteiger partial charge in [0.25, 0.3) is 0 Å². The molecule has 0 aromatic rings. The zero-order chi connectivity index (χ0) is 40.7. The monoisotopic (exact) mass is 793 g/mol. The second-order valence-corrected chi connectivity index (χ2v) is 15.9. The van der Waals surface area contributed by atoms with Gasteiger partial charge in [0, 0.05) is 12.8 Å². The van der Waals surface area contributed by atoms with Gasteiger partial charge in [0.2, 0.25) is 0 Å². The maximum atomic E-state index is 12.4. The van der Waals surface area contributed by atoms with E-state index >= 15 is 0 Å². The summed E-state index contributed by atoms with van der Waals surface area (Å²) >= 11 is 0. The molecule has 2 atom stereocenters. The van der Waals surface area contributed by atoms with Crippen LogP contribution in [0.5, 0.6) is 0 Å². The van der Waals surface area contributed by atoms with Gasteiger partial charge in [-0.3, -0.25) is 14.1 Å². The van der Waals surface area contributed by atoms with Gasteiger partial charge in [-0.15, -0.1) is 0 Å². The van der Waals surface area contributed by atoms with Gasteiger partial charge in [-0.25, -0.2) is 4.57 Å². The molecule has 0 amide bonds. The SMILES string of the molecule is CC/C=C\C/C=C\C/C=C\C/C=C\C/C=C\C=C/C(O)CCC(=O)O[C@H](COC(=O)CCCCCCCCCCCCCCCCC(C)C)COP(=O)(O)O.